The molecule has 0 aromatic heterocycles. The number of benzene rings is 1. The van der Waals surface area contributed by atoms with Gasteiger partial charge in [0, 0.05) is 11.8 Å². The average molecular weight is 571 g/mol. The van der Waals surface area contributed by atoms with E-state index >= 15 is 0 Å². The molecule has 41 heavy (non-hydrogen) atoms. The SMILES string of the molecule is C/C=C/CCCCC[C@@H]1C=C2C(OCc3ccc(OC)cc3)[C@H](C(=O)CCC23COC(C)(C)OC3)[C@H]1C[C@H](O)CO. The van der Waals surface area contributed by atoms with Crippen LogP contribution in [0.25, 0.3) is 0 Å². The molecule has 2 N–H and O–H groups in total. The van der Waals surface area contributed by atoms with Gasteiger partial charge in [-0.05, 0) is 88.0 Å². The molecule has 1 aliphatic heterocycles. The highest BCUT2D eigenvalue weighted by Gasteiger charge is 2.55. The van der Waals surface area contributed by atoms with Gasteiger partial charge < -0.3 is 29.2 Å². The zero-order valence-electron chi connectivity index (χ0n) is 25.3. The number of Topliss-reactive ketones (excluding diaryl/α,β-unsaturated/α-hetero) is 1. The van der Waals surface area contributed by atoms with Gasteiger partial charge in [-0.25, -0.2) is 0 Å². The number of rotatable bonds is 13. The lowest BCUT2D eigenvalue weighted by atomic mass is 9.63. The second kappa shape index (κ2) is 14.4. The summed E-state index contributed by atoms with van der Waals surface area (Å²) in [4.78, 5) is 14.0. The van der Waals surface area contributed by atoms with Crippen molar-refractivity contribution < 1.29 is 34.0 Å². The molecule has 1 aromatic rings. The molecule has 1 heterocycles. The Hall–Kier alpha value is -2.03. The smallest absolute Gasteiger partial charge is 0.162 e. The van der Waals surface area contributed by atoms with Gasteiger partial charge in [-0.2, -0.15) is 0 Å². The van der Waals surface area contributed by atoms with Gasteiger partial charge in [0.1, 0.15) is 11.5 Å². The van der Waals surface area contributed by atoms with Crippen LogP contribution >= 0.6 is 0 Å². The van der Waals surface area contributed by atoms with E-state index in [4.69, 9.17) is 18.9 Å². The number of ether oxygens (including phenoxy) is 4. The highest BCUT2D eigenvalue weighted by atomic mass is 16.7. The summed E-state index contributed by atoms with van der Waals surface area (Å²) in [5.41, 5.74) is 1.68. The molecule has 5 atom stereocenters. The van der Waals surface area contributed by atoms with Crippen LogP contribution in [-0.4, -0.2) is 60.9 Å². The molecule has 2 fully saturated rings. The van der Waals surface area contributed by atoms with Gasteiger partial charge in [-0.15, -0.1) is 0 Å². The topological polar surface area (TPSA) is 94.5 Å². The summed E-state index contributed by atoms with van der Waals surface area (Å²) in [7, 11) is 1.64. The molecule has 4 rings (SSSR count). The molecule has 1 spiro atoms. The van der Waals surface area contributed by atoms with Crippen molar-refractivity contribution in [3.05, 3.63) is 53.6 Å². The molecule has 228 valence electrons. The largest absolute Gasteiger partial charge is 0.497 e. The van der Waals surface area contributed by atoms with Gasteiger partial charge in [-0.3, -0.25) is 4.79 Å². The van der Waals surface area contributed by atoms with E-state index in [1.165, 1.54) is 0 Å². The number of ketones is 1. The van der Waals surface area contributed by atoms with Crippen LogP contribution in [0.3, 0.4) is 0 Å². The second-order valence-corrected chi connectivity index (χ2v) is 12.6. The van der Waals surface area contributed by atoms with E-state index in [0.29, 0.717) is 39.1 Å². The molecule has 3 aliphatic rings. The molecule has 0 radical (unpaired) electrons. The highest BCUT2D eigenvalue weighted by molar-refractivity contribution is 5.83. The Morgan fingerprint density at radius 2 is 1.85 bits per heavy atom. The number of allylic oxidation sites excluding steroid dienone is 3. The zero-order valence-corrected chi connectivity index (χ0v) is 25.3. The second-order valence-electron chi connectivity index (χ2n) is 12.6. The normalized spacial score (nSPS) is 28.0. The fraction of sp³-hybridized carbons (Fsp3) is 0.676. The Morgan fingerprint density at radius 1 is 1.12 bits per heavy atom. The monoisotopic (exact) mass is 570 g/mol. The van der Waals surface area contributed by atoms with Crippen LogP contribution in [0.2, 0.25) is 0 Å². The van der Waals surface area contributed by atoms with E-state index in [1.807, 2.05) is 45.0 Å². The van der Waals surface area contributed by atoms with Crippen LogP contribution in [0.1, 0.15) is 77.7 Å². The van der Waals surface area contributed by atoms with Crippen molar-refractivity contribution in [3.63, 3.8) is 0 Å². The first kappa shape index (κ1) is 31.9. The molecule has 0 amide bonds. The first-order valence-corrected chi connectivity index (χ1v) is 15.4. The van der Waals surface area contributed by atoms with Crippen molar-refractivity contribution in [1.29, 1.82) is 0 Å². The fourth-order valence-electron chi connectivity index (χ4n) is 6.81. The summed E-state index contributed by atoms with van der Waals surface area (Å²) < 4.78 is 24.5. The standard InChI is InChI=1S/C34H50O7/c1-5-6-7-8-9-10-11-25-18-29-32(39-21-24-12-14-27(38-4)15-13-24)31(28(25)19-26(36)20-35)30(37)16-17-34(29)22-40-33(2,3)41-23-34/h5-6,12-15,18,25-26,28,31-32,35-36H,7-11,16-17,19-23H2,1-4H3/b6-5+/t25-,26+,28+,31+,32?/m1/s1. The van der Waals surface area contributed by atoms with Crippen LogP contribution in [0.4, 0.5) is 0 Å². The predicted octanol–water partition coefficient (Wildman–Crippen LogP) is 5.77. The third-order valence-electron chi connectivity index (χ3n) is 9.25. The summed E-state index contributed by atoms with van der Waals surface area (Å²) >= 11 is 0. The number of hydrogen-bond donors (Lipinski definition) is 2. The molecule has 1 aromatic carbocycles. The molecular weight excluding hydrogens is 520 g/mol. The Bertz CT molecular complexity index is 1030. The summed E-state index contributed by atoms with van der Waals surface area (Å²) in [5, 5.41) is 20.4. The summed E-state index contributed by atoms with van der Waals surface area (Å²) in [6, 6.07) is 7.79. The molecule has 2 bridgehead atoms. The average Bonchev–Trinajstić information content (AvgIpc) is 3.05. The van der Waals surface area contributed by atoms with Crippen molar-refractivity contribution >= 4 is 5.78 Å². The van der Waals surface area contributed by atoms with Crippen molar-refractivity contribution in [1.82, 2.24) is 0 Å². The molecule has 7 heteroatoms. The Balaban J connectivity index is 1.68. The fourth-order valence-corrected chi connectivity index (χ4v) is 6.81. The lowest BCUT2D eigenvalue weighted by molar-refractivity contribution is -0.281. The van der Waals surface area contributed by atoms with Gasteiger partial charge in [-0.1, -0.05) is 43.2 Å². The summed E-state index contributed by atoms with van der Waals surface area (Å²) in [6.45, 7) is 6.90. The molecule has 1 saturated heterocycles. The molecule has 2 aliphatic carbocycles. The molecule has 1 saturated carbocycles. The van der Waals surface area contributed by atoms with E-state index in [9.17, 15) is 15.0 Å². The third-order valence-corrected chi connectivity index (χ3v) is 9.25. The number of aliphatic hydroxyl groups excluding tert-OH is 2. The maximum absolute atomic E-state index is 14.0. The Morgan fingerprint density at radius 3 is 2.51 bits per heavy atom. The first-order chi connectivity index (χ1) is 19.7. The van der Waals surface area contributed by atoms with Gasteiger partial charge in [0.05, 0.1) is 51.7 Å². The van der Waals surface area contributed by atoms with E-state index in [1.54, 1.807) is 7.11 Å². The van der Waals surface area contributed by atoms with Crippen LogP contribution < -0.4 is 4.74 Å². The van der Waals surface area contributed by atoms with E-state index in [2.05, 4.69) is 18.2 Å². The first-order valence-electron chi connectivity index (χ1n) is 15.4. The number of methoxy groups -OCH3 is 1. The van der Waals surface area contributed by atoms with Crippen molar-refractivity contribution in [3.8, 4) is 5.75 Å². The third kappa shape index (κ3) is 7.88. The maximum atomic E-state index is 14.0. The van der Waals surface area contributed by atoms with Crippen LogP contribution in [0, 0.1) is 23.2 Å². The van der Waals surface area contributed by atoms with Crippen LogP contribution in [0.5, 0.6) is 5.75 Å². The highest BCUT2D eigenvalue weighted by Crippen LogP contribution is 2.53. The number of fused-ring (bicyclic) bond motifs is 3. The molecular formula is C34H50O7. The number of hydrogen-bond acceptors (Lipinski definition) is 7. The van der Waals surface area contributed by atoms with Crippen LogP contribution in [-0.2, 0) is 25.6 Å². The van der Waals surface area contributed by atoms with Gasteiger partial charge in [0.2, 0.25) is 0 Å². The van der Waals surface area contributed by atoms with E-state index in [0.717, 1.165) is 49.0 Å². The predicted molar refractivity (Wildman–Crippen MR) is 158 cm³/mol. The number of aliphatic hydroxyl groups is 2. The minimum Gasteiger partial charge on any atom is -0.497 e. The minimum atomic E-state index is -0.874. The zero-order chi connectivity index (χ0) is 29.5. The van der Waals surface area contributed by atoms with Gasteiger partial charge in [0.25, 0.3) is 0 Å². The number of carbonyl (C=O) groups is 1. The Labute approximate surface area is 245 Å². The lowest BCUT2D eigenvalue weighted by Crippen LogP contribution is -2.52. The molecule has 7 nitrogen and oxygen atoms in total. The summed E-state index contributed by atoms with van der Waals surface area (Å²) in [5.74, 6) is -0.116. The maximum Gasteiger partial charge on any atom is 0.162 e. The van der Waals surface area contributed by atoms with E-state index in [-0.39, 0.29) is 24.2 Å². The minimum absolute atomic E-state index is 0.104. The number of unbranched alkanes of at least 4 members (excludes halogenated alkanes) is 3. The molecule has 1 unspecified atom stereocenters. The van der Waals surface area contributed by atoms with E-state index < -0.39 is 29.3 Å². The lowest BCUT2D eigenvalue weighted by Gasteiger charge is -2.49. The Kier molecular flexibility index (Phi) is 11.2. The quantitative estimate of drug-likeness (QED) is 0.230. The van der Waals surface area contributed by atoms with Gasteiger partial charge in [0.15, 0.2) is 5.79 Å². The van der Waals surface area contributed by atoms with Crippen LogP contribution in [0.15, 0.2) is 48.1 Å². The van der Waals surface area contributed by atoms with Crippen molar-refractivity contribution in [2.45, 2.75) is 96.7 Å². The van der Waals surface area contributed by atoms with Gasteiger partial charge >= 0.3 is 0 Å². The van der Waals surface area contributed by atoms with Crippen molar-refractivity contribution in [2.24, 2.45) is 23.2 Å². The number of carbonyl (C=O) groups excluding carboxylic acids is 1. The van der Waals surface area contributed by atoms with Crippen molar-refractivity contribution in [2.75, 3.05) is 26.9 Å². The summed E-state index contributed by atoms with van der Waals surface area (Å²) in [6.07, 6.45) is 12.1.